The maximum absolute atomic E-state index is 11.1. The molecule has 2 unspecified atom stereocenters. The molecular formula is C16H16ClN3O2. The molecule has 2 heterocycles. The molecule has 1 aliphatic rings. The topological polar surface area (TPSA) is 77.2 Å². The van der Waals surface area contributed by atoms with E-state index in [-0.39, 0.29) is 17.7 Å². The van der Waals surface area contributed by atoms with Crippen molar-refractivity contribution in [3.63, 3.8) is 0 Å². The van der Waals surface area contributed by atoms with E-state index in [1.54, 1.807) is 0 Å². The first-order valence-corrected chi connectivity index (χ1v) is 7.41. The van der Waals surface area contributed by atoms with Crippen LogP contribution in [0.3, 0.4) is 0 Å². The minimum atomic E-state index is -0.549. The zero-order chi connectivity index (χ0) is 15.5. The number of anilines is 1. The molecule has 0 saturated carbocycles. The van der Waals surface area contributed by atoms with Gasteiger partial charge in [0.05, 0.1) is 16.6 Å². The van der Waals surface area contributed by atoms with Gasteiger partial charge in [-0.25, -0.2) is 4.98 Å². The predicted octanol–water partition coefficient (Wildman–Crippen LogP) is 2.78. The quantitative estimate of drug-likeness (QED) is 0.909. The van der Waals surface area contributed by atoms with Crippen LogP contribution in [0.1, 0.15) is 28.4 Å². The average molecular weight is 318 g/mol. The molecule has 1 aromatic heterocycles. The van der Waals surface area contributed by atoms with Crippen molar-refractivity contribution in [1.29, 1.82) is 0 Å². The van der Waals surface area contributed by atoms with Crippen LogP contribution in [0, 0.1) is 0 Å². The van der Waals surface area contributed by atoms with Crippen LogP contribution in [-0.2, 0) is 4.74 Å². The first-order chi connectivity index (χ1) is 10.6. The largest absolute Gasteiger partial charge is 0.371 e. The summed E-state index contributed by atoms with van der Waals surface area (Å²) in [5.41, 5.74) is 6.62. The number of carbonyl (C=O) groups is 1. The number of amides is 1. The number of pyridine rings is 1. The third-order valence-electron chi connectivity index (χ3n) is 3.67. The highest BCUT2D eigenvalue weighted by molar-refractivity contribution is 6.33. The zero-order valence-electron chi connectivity index (χ0n) is 11.8. The Morgan fingerprint density at radius 2 is 2.14 bits per heavy atom. The van der Waals surface area contributed by atoms with Crippen molar-refractivity contribution in [1.82, 2.24) is 4.98 Å². The molecule has 114 valence electrons. The second-order valence-electron chi connectivity index (χ2n) is 5.16. The standard InChI is InChI=1S/C16H16ClN3O2/c17-12-8-11(15(18)21)9-19-16(12)20-13-6-7-22-14(13)10-4-2-1-3-5-10/h1-5,8-9,13-14H,6-7H2,(H2,18,21)(H,19,20). The fourth-order valence-electron chi connectivity index (χ4n) is 2.56. The molecule has 1 amide bonds. The maximum atomic E-state index is 11.1. The molecule has 1 aliphatic heterocycles. The lowest BCUT2D eigenvalue weighted by Crippen LogP contribution is -2.24. The summed E-state index contributed by atoms with van der Waals surface area (Å²) < 4.78 is 5.82. The predicted molar refractivity (Wildman–Crippen MR) is 84.9 cm³/mol. The van der Waals surface area contributed by atoms with Crippen LogP contribution in [0.15, 0.2) is 42.6 Å². The number of primary amides is 1. The molecule has 0 bridgehead atoms. The number of benzene rings is 1. The summed E-state index contributed by atoms with van der Waals surface area (Å²) in [6, 6.07) is 11.6. The van der Waals surface area contributed by atoms with Crippen LogP contribution >= 0.6 is 11.6 Å². The fraction of sp³-hybridized carbons (Fsp3) is 0.250. The van der Waals surface area contributed by atoms with Crippen LogP contribution in [0.5, 0.6) is 0 Å². The van der Waals surface area contributed by atoms with Crippen molar-refractivity contribution in [2.24, 2.45) is 5.73 Å². The van der Waals surface area contributed by atoms with Gasteiger partial charge in [-0.3, -0.25) is 4.79 Å². The fourth-order valence-corrected chi connectivity index (χ4v) is 2.78. The summed E-state index contributed by atoms with van der Waals surface area (Å²) in [5.74, 6) is -0.0181. The molecule has 22 heavy (non-hydrogen) atoms. The SMILES string of the molecule is NC(=O)c1cnc(NC2CCOC2c2ccccc2)c(Cl)c1. The zero-order valence-corrected chi connectivity index (χ0v) is 12.6. The molecule has 3 rings (SSSR count). The van der Waals surface area contributed by atoms with E-state index < -0.39 is 5.91 Å². The van der Waals surface area contributed by atoms with Crippen LogP contribution in [0.25, 0.3) is 0 Å². The lowest BCUT2D eigenvalue weighted by molar-refractivity contribution is 0.1000. The first-order valence-electron chi connectivity index (χ1n) is 7.03. The van der Waals surface area contributed by atoms with Gasteiger partial charge in [0.1, 0.15) is 11.9 Å². The lowest BCUT2D eigenvalue weighted by atomic mass is 10.0. The number of nitrogens with two attached hydrogens (primary N) is 1. The number of nitrogens with zero attached hydrogens (tertiary/aromatic N) is 1. The highest BCUT2D eigenvalue weighted by Gasteiger charge is 2.30. The van der Waals surface area contributed by atoms with Crippen LogP contribution < -0.4 is 11.1 Å². The number of rotatable bonds is 4. The van der Waals surface area contributed by atoms with Crippen molar-refractivity contribution >= 4 is 23.3 Å². The van der Waals surface area contributed by atoms with E-state index in [1.165, 1.54) is 12.3 Å². The van der Waals surface area contributed by atoms with Gasteiger partial charge >= 0.3 is 0 Å². The van der Waals surface area contributed by atoms with E-state index in [2.05, 4.69) is 10.3 Å². The maximum Gasteiger partial charge on any atom is 0.250 e. The van der Waals surface area contributed by atoms with E-state index in [0.29, 0.717) is 17.4 Å². The van der Waals surface area contributed by atoms with Crippen molar-refractivity contribution < 1.29 is 9.53 Å². The van der Waals surface area contributed by atoms with Gasteiger partial charge in [0.15, 0.2) is 0 Å². The smallest absolute Gasteiger partial charge is 0.250 e. The molecule has 3 N–H and O–H groups in total. The van der Waals surface area contributed by atoms with E-state index in [4.69, 9.17) is 22.1 Å². The van der Waals surface area contributed by atoms with Gasteiger partial charge in [-0.15, -0.1) is 0 Å². The second kappa shape index (κ2) is 6.34. The summed E-state index contributed by atoms with van der Waals surface area (Å²) >= 11 is 6.17. The van der Waals surface area contributed by atoms with Gasteiger partial charge in [-0.2, -0.15) is 0 Å². The Labute approximate surface area is 133 Å². The van der Waals surface area contributed by atoms with Gasteiger partial charge in [0.25, 0.3) is 0 Å². The van der Waals surface area contributed by atoms with Crippen LogP contribution in [0.2, 0.25) is 5.02 Å². The second-order valence-corrected chi connectivity index (χ2v) is 5.57. The van der Waals surface area contributed by atoms with E-state index in [0.717, 1.165) is 12.0 Å². The Kier molecular flexibility index (Phi) is 4.27. The number of aromatic nitrogens is 1. The van der Waals surface area contributed by atoms with E-state index >= 15 is 0 Å². The molecule has 1 aromatic carbocycles. The van der Waals surface area contributed by atoms with Gasteiger partial charge in [-0.1, -0.05) is 41.9 Å². The third kappa shape index (κ3) is 3.05. The highest BCUT2D eigenvalue weighted by atomic mass is 35.5. The van der Waals surface area contributed by atoms with E-state index in [9.17, 15) is 4.79 Å². The number of ether oxygens (including phenoxy) is 1. The Bertz CT molecular complexity index is 678. The van der Waals surface area contributed by atoms with Gasteiger partial charge in [-0.05, 0) is 18.1 Å². The van der Waals surface area contributed by atoms with E-state index in [1.807, 2.05) is 30.3 Å². The monoisotopic (exact) mass is 317 g/mol. The molecule has 0 radical (unpaired) electrons. The van der Waals surface area contributed by atoms with Gasteiger partial charge in [0.2, 0.25) is 5.91 Å². The van der Waals surface area contributed by atoms with Crippen molar-refractivity contribution in [2.45, 2.75) is 18.6 Å². The molecular weight excluding hydrogens is 302 g/mol. The Morgan fingerprint density at radius 3 is 2.82 bits per heavy atom. The Balaban J connectivity index is 1.79. The van der Waals surface area contributed by atoms with Crippen molar-refractivity contribution in [2.75, 3.05) is 11.9 Å². The van der Waals surface area contributed by atoms with Crippen molar-refractivity contribution in [3.05, 3.63) is 58.7 Å². The summed E-state index contributed by atoms with van der Waals surface area (Å²) in [7, 11) is 0. The normalized spacial score (nSPS) is 20.8. The van der Waals surface area contributed by atoms with Gasteiger partial charge in [0, 0.05) is 12.8 Å². The third-order valence-corrected chi connectivity index (χ3v) is 3.96. The van der Waals surface area contributed by atoms with Gasteiger partial charge < -0.3 is 15.8 Å². The number of hydrogen-bond donors (Lipinski definition) is 2. The summed E-state index contributed by atoms with van der Waals surface area (Å²) in [5, 5.41) is 3.67. The average Bonchev–Trinajstić information content (AvgIpc) is 2.98. The highest BCUT2D eigenvalue weighted by Crippen LogP contribution is 2.32. The summed E-state index contributed by atoms with van der Waals surface area (Å²) in [6.07, 6.45) is 2.23. The molecule has 2 aromatic rings. The number of carbonyl (C=O) groups excluding carboxylic acids is 1. The summed E-state index contributed by atoms with van der Waals surface area (Å²) in [6.45, 7) is 0.675. The molecule has 5 nitrogen and oxygen atoms in total. The first kappa shape index (κ1) is 14.8. The molecule has 0 spiro atoms. The van der Waals surface area contributed by atoms with Crippen LogP contribution in [0.4, 0.5) is 5.82 Å². The molecule has 6 heteroatoms. The minimum Gasteiger partial charge on any atom is -0.371 e. The molecule has 2 atom stereocenters. The molecule has 1 saturated heterocycles. The number of hydrogen-bond acceptors (Lipinski definition) is 4. The lowest BCUT2D eigenvalue weighted by Gasteiger charge is -2.21. The van der Waals surface area contributed by atoms with Crippen molar-refractivity contribution in [3.8, 4) is 0 Å². The minimum absolute atomic E-state index is 0.0464. The Hall–Kier alpha value is -2.11. The summed E-state index contributed by atoms with van der Waals surface area (Å²) in [4.78, 5) is 15.3. The number of nitrogens with one attached hydrogen (secondary N) is 1. The molecule has 0 aliphatic carbocycles. The Morgan fingerprint density at radius 1 is 1.36 bits per heavy atom. The number of halogens is 1. The molecule has 1 fully saturated rings. The van der Waals surface area contributed by atoms with Crippen LogP contribution in [-0.4, -0.2) is 23.5 Å².